The summed E-state index contributed by atoms with van der Waals surface area (Å²) < 4.78 is 5.34. The Morgan fingerprint density at radius 3 is 3.35 bits per heavy atom. The van der Waals surface area contributed by atoms with Crippen LogP contribution < -0.4 is 10.6 Å². The standard InChI is InChI=1S/C11H20N4O2/c16-11(7-13-3-4-17-8-11)6-12-2-1-10-5-14-9-15-10/h5,9,12-13,16H,1-4,6-8H2,(H,14,15). The third kappa shape index (κ3) is 4.08. The van der Waals surface area contributed by atoms with Gasteiger partial charge < -0.3 is 25.5 Å². The van der Waals surface area contributed by atoms with Gasteiger partial charge in [-0.15, -0.1) is 0 Å². The van der Waals surface area contributed by atoms with Crippen LogP contribution in [0.2, 0.25) is 0 Å². The second kappa shape index (κ2) is 6.11. The molecule has 96 valence electrons. The number of nitrogens with one attached hydrogen (secondary N) is 3. The summed E-state index contributed by atoms with van der Waals surface area (Å²) in [6, 6.07) is 0. The van der Waals surface area contributed by atoms with Crippen LogP contribution >= 0.6 is 0 Å². The molecule has 0 bridgehead atoms. The molecule has 1 aromatic rings. The molecule has 6 nitrogen and oxygen atoms in total. The molecule has 1 aliphatic heterocycles. The molecule has 2 heterocycles. The van der Waals surface area contributed by atoms with Gasteiger partial charge in [-0.1, -0.05) is 0 Å². The van der Waals surface area contributed by atoms with Gasteiger partial charge in [-0.25, -0.2) is 4.98 Å². The molecule has 0 saturated carbocycles. The fraction of sp³-hybridized carbons (Fsp3) is 0.727. The Morgan fingerprint density at radius 2 is 2.53 bits per heavy atom. The summed E-state index contributed by atoms with van der Waals surface area (Å²) in [7, 11) is 0. The third-order valence-corrected chi connectivity index (χ3v) is 2.83. The van der Waals surface area contributed by atoms with Crippen LogP contribution in [0.3, 0.4) is 0 Å². The molecule has 2 rings (SSSR count). The van der Waals surface area contributed by atoms with Gasteiger partial charge in [0.15, 0.2) is 0 Å². The number of aromatic nitrogens is 2. The topological polar surface area (TPSA) is 82.2 Å². The lowest BCUT2D eigenvalue weighted by atomic mass is 10.1. The summed E-state index contributed by atoms with van der Waals surface area (Å²) in [6.07, 6.45) is 4.36. The van der Waals surface area contributed by atoms with E-state index in [-0.39, 0.29) is 0 Å². The third-order valence-electron chi connectivity index (χ3n) is 2.83. The van der Waals surface area contributed by atoms with Crippen molar-refractivity contribution in [2.75, 3.05) is 39.4 Å². The van der Waals surface area contributed by atoms with Crippen molar-refractivity contribution in [2.45, 2.75) is 12.0 Å². The number of H-pyrrole nitrogens is 1. The van der Waals surface area contributed by atoms with Crippen molar-refractivity contribution in [3.05, 3.63) is 18.2 Å². The highest BCUT2D eigenvalue weighted by molar-refractivity contribution is 4.95. The Hall–Kier alpha value is -0.950. The molecule has 17 heavy (non-hydrogen) atoms. The van der Waals surface area contributed by atoms with Gasteiger partial charge in [-0.3, -0.25) is 0 Å². The molecular formula is C11H20N4O2. The molecule has 1 aliphatic rings. The molecule has 0 aliphatic carbocycles. The number of ether oxygens (including phenoxy) is 1. The highest BCUT2D eigenvalue weighted by atomic mass is 16.5. The van der Waals surface area contributed by atoms with Gasteiger partial charge in [-0.2, -0.15) is 0 Å². The van der Waals surface area contributed by atoms with Crippen molar-refractivity contribution >= 4 is 0 Å². The molecule has 0 aromatic carbocycles. The van der Waals surface area contributed by atoms with E-state index in [0.717, 1.165) is 25.2 Å². The molecular weight excluding hydrogens is 220 g/mol. The van der Waals surface area contributed by atoms with Crippen LogP contribution in [0.5, 0.6) is 0 Å². The SMILES string of the molecule is OC1(CNCCc2cnc[nH]2)CNCCOC1. The number of aliphatic hydroxyl groups is 1. The van der Waals surface area contributed by atoms with E-state index in [1.165, 1.54) is 0 Å². The first-order chi connectivity index (χ1) is 8.29. The second-order valence-corrected chi connectivity index (χ2v) is 4.46. The minimum atomic E-state index is -0.801. The van der Waals surface area contributed by atoms with Gasteiger partial charge in [0, 0.05) is 44.5 Å². The summed E-state index contributed by atoms with van der Waals surface area (Å²) in [4.78, 5) is 7.00. The van der Waals surface area contributed by atoms with Gasteiger partial charge >= 0.3 is 0 Å². The summed E-state index contributed by atoms with van der Waals surface area (Å²) >= 11 is 0. The summed E-state index contributed by atoms with van der Waals surface area (Å²) in [5.41, 5.74) is 0.296. The molecule has 1 fully saturated rings. The first kappa shape index (κ1) is 12.5. The highest BCUT2D eigenvalue weighted by Gasteiger charge is 2.28. The maximum Gasteiger partial charge on any atom is 0.113 e. The molecule has 1 aromatic heterocycles. The monoisotopic (exact) mass is 240 g/mol. The van der Waals surface area contributed by atoms with E-state index in [0.29, 0.717) is 26.3 Å². The zero-order valence-corrected chi connectivity index (χ0v) is 9.91. The molecule has 0 radical (unpaired) electrons. The minimum Gasteiger partial charge on any atom is -0.385 e. The van der Waals surface area contributed by atoms with Crippen LogP contribution in [0.15, 0.2) is 12.5 Å². The smallest absolute Gasteiger partial charge is 0.113 e. The average Bonchev–Trinajstić information content (AvgIpc) is 2.74. The predicted octanol–water partition coefficient (Wildman–Crippen LogP) is -1.11. The molecule has 0 amide bonds. The van der Waals surface area contributed by atoms with Gasteiger partial charge in [0.05, 0.1) is 19.5 Å². The summed E-state index contributed by atoms with van der Waals surface area (Å²) in [5, 5.41) is 16.6. The lowest BCUT2D eigenvalue weighted by Crippen LogP contribution is -2.50. The van der Waals surface area contributed by atoms with E-state index in [1.54, 1.807) is 6.33 Å². The number of nitrogens with zero attached hydrogens (tertiary/aromatic N) is 1. The average molecular weight is 240 g/mol. The predicted molar refractivity (Wildman–Crippen MR) is 63.8 cm³/mol. The number of hydrogen-bond donors (Lipinski definition) is 4. The van der Waals surface area contributed by atoms with E-state index < -0.39 is 5.60 Å². The van der Waals surface area contributed by atoms with E-state index in [4.69, 9.17) is 4.74 Å². The first-order valence-electron chi connectivity index (χ1n) is 5.97. The molecule has 4 N–H and O–H groups in total. The summed E-state index contributed by atoms with van der Waals surface area (Å²) in [5.74, 6) is 0. The van der Waals surface area contributed by atoms with Crippen molar-refractivity contribution in [1.82, 2.24) is 20.6 Å². The van der Waals surface area contributed by atoms with Gasteiger partial charge in [0.2, 0.25) is 0 Å². The molecule has 1 unspecified atom stereocenters. The van der Waals surface area contributed by atoms with Crippen LogP contribution in [-0.4, -0.2) is 60.1 Å². The number of rotatable bonds is 5. The molecule has 1 saturated heterocycles. The number of hydrogen-bond acceptors (Lipinski definition) is 5. The van der Waals surface area contributed by atoms with Gasteiger partial charge in [-0.05, 0) is 0 Å². The lowest BCUT2D eigenvalue weighted by Gasteiger charge is -2.26. The van der Waals surface area contributed by atoms with Crippen LogP contribution in [0.25, 0.3) is 0 Å². The van der Waals surface area contributed by atoms with E-state index in [1.807, 2.05) is 6.20 Å². The Bertz CT molecular complexity index is 307. The maximum absolute atomic E-state index is 10.2. The Balaban J connectivity index is 1.66. The quantitative estimate of drug-likeness (QED) is 0.491. The zero-order chi connectivity index (χ0) is 12.0. The maximum atomic E-state index is 10.2. The zero-order valence-electron chi connectivity index (χ0n) is 9.91. The molecule has 0 spiro atoms. The largest absolute Gasteiger partial charge is 0.385 e. The van der Waals surface area contributed by atoms with E-state index in [9.17, 15) is 5.11 Å². The van der Waals surface area contributed by atoms with E-state index in [2.05, 4.69) is 20.6 Å². The first-order valence-corrected chi connectivity index (χ1v) is 5.97. The molecule has 6 heteroatoms. The Labute approximate surface area is 101 Å². The lowest BCUT2D eigenvalue weighted by molar-refractivity contribution is -0.0260. The Morgan fingerprint density at radius 1 is 1.59 bits per heavy atom. The van der Waals surface area contributed by atoms with Crippen molar-refractivity contribution in [2.24, 2.45) is 0 Å². The van der Waals surface area contributed by atoms with Crippen molar-refractivity contribution in [3.63, 3.8) is 0 Å². The van der Waals surface area contributed by atoms with Crippen molar-refractivity contribution in [3.8, 4) is 0 Å². The number of aromatic amines is 1. The normalized spacial score (nSPS) is 25.7. The minimum absolute atomic E-state index is 0.386. The number of β-amino-alcohol motifs (C(OH)–C–C–N with tert-alkyl or cyclic N) is 1. The van der Waals surface area contributed by atoms with Crippen molar-refractivity contribution < 1.29 is 9.84 Å². The van der Waals surface area contributed by atoms with Crippen LogP contribution in [0.1, 0.15) is 5.69 Å². The number of imidazole rings is 1. The van der Waals surface area contributed by atoms with Crippen LogP contribution in [0.4, 0.5) is 0 Å². The van der Waals surface area contributed by atoms with Gasteiger partial charge in [0.1, 0.15) is 5.60 Å². The van der Waals surface area contributed by atoms with Crippen LogP contribution in [0, 0.1) is 0 Å². The molecule has 1 atom stereocenters. The highest BCUT2D eigenvalue weighted by Crippen LogP contribution is 2.05. The fourth-order valence-electron chi connectivity index (χ4n) is 1.86. The van der Waals surface area contributed by atoms with Gasteiger partial charge in [0.25, 0.3) is 0 Å². The van der Waals surface area contributed by atoms with Crippen molar-refractivity contribution in [1.29, 1.82) is 0 Å². The summed E-state index contributed by atoms with van der Waals surface area (Å²) in [6.45, 7) is 3.77. The van der Waals surface area contributed by atoms with E-state index >= 15 is 0 Å². The van der Waals surface area contributed by atoms with Crippen LogP contribution in [-0.2, 0) is 11.2 Å². The fourth-order valence-corrected chi connectivity index (χ4v) is 1.86. The second-order valence-electron chi connectivity index (χ2n) is 4.46. The Kier molecular flexibility index (Phi) is 4.49.